The second kappa shape index (κ2) is 8.29. The number of thioether (sulfide) groups is 1. The fourth-order valence-corrected chi connectivity index (χ4v) is 2.10. The molecule has 7 heteroatoms. The molecule has 0 saturated carbocycles. The highest BCUT2D eigenvalue weighted by Gasteiger charge is 2.30. The quantitative estimate of drug-likeness (QED) is 0.773. The monoisotopic (exact) mass is 322 g/mol. The molecule has 2 atom stereocenters. The SMILES string of the molecule is COc1ccc(NC(=O)[C@@H](C#N)C(=O)[C@@H](C)SC)cc1OC. The van der Waals surface area contributed by atoms with Gasteiger partial charge in [0.15, 0.2) is 23.2 Å². The molecular weight excluding hydrogens is 304 g/mol. The third-order valence-corrected chi connectivity index (χ3v) is 4.02. The third kappa shape index (κ3) is 4.15. The van der Waals surface area contributed by atoms with Crippen LogP contribution in [0.25, 0.3) is 0 Å². The van der Waals surface area contributed by atoms with Gasteiger partial charge in [0.25, 0.3) is 0 Å². The van der Waals surface area contributed by atoms with Crippen LogP contribution in [0.15, 0.2) is 18.2 Å². The van der Waals surface area contributed by atoms with Gasteiger partial charge < -0.3 is 14.8 Å². The van der Waals surface area contributed by atoms with E-state index in [2.05, 4.69) is 5.32 Å². The van der Waals surface area contributed by atoms with Crippen molar-refractivity contribution in [2.24, 2.45) is 5.92 Å². The predicted octanol–water partition coefficient (Wildman–Crippen LogP) is 2.10. The van der Waals surface area contributed by atoms with Gasteiger partial charge in [-0.3, -0.25) is 9.59 Å². The van der Waals surface area contributed by atoms with Crippen LogP contribution in [0.5, 0.6) is 11.5 Å². The maximum Gasteiger partial charge on any atom is 0.249 e. The van der Waals surface area contributed by atoms with Gasteiger partial charge in [0, 0.05) is 11.8 Å². The van der Waals surface area contributed by atoms with Gasteiger partial charge in [0.1, 0.15) is 0 Å². The second-order valence-electron chi connectivity index (χ2n) is 4.40. The molecule has 1 amide bonds. The Hall–Kier alpha value is -2.20. The Morgan fingerprint density at radius 1 is 1.27 bits per heavy atom. The first kappa shape index (κ1) is 17.9. The van der Waals surface area contributed by atoms with Gasteiger partial charge >= 0.3 is 0 Å². The smallest absolute Gasteiger partial charge is 0.249 e. The van der Waals surface area contributed by atoms with Crippen LogP contribution in [0.1, 0.15) is 6.92 Å². The van der Waals surface area contributed by atoms with Crippen LogP contribution >= 0.6 is 11.8 Å². The lowest BCUT2D eigenvalue weighted by Crippen LogP contribution is -2.33. The molecule has 0 saturated heterocycles. The van der Waals surface area contributed by atoms with Crippen LogP contribution in [-0.2, 0) is 9.59 Å². The summed E-state index contributed by atoms with van der Waals surface area (Å²) in [6.07, 6.45) is 1.75. The van der Waals surface area contributed by atoms with E-state index in [0.717, 1.165) is 0 Å². The number of nitriles is 1. The maximum atomic E-state index is 12.1. The molecule has 1 aromatic carbocycles. The number of Topliss-reactive ketones (excluding diaryl/α,β-unsaturated/α-hetero) is 1. The minimum absolute atomic E-state index is 0.409. The number of rotatable bonds is 7. The first-order valence-electron chi connectivity index (χ1n) is 6.47. The van der Waals surface area contributed by atoms with Crippen LogP contribution < -0.4 is 14.8 Å². The second-order valence-corrected chi connectivity index (χ2v) is 5.58. The van der Waals surface area contributed by atoms with E-state index in [0.29, 0.717) is 17.2 Å². The van der Waals surface area contributed by atoms with Gasteiger partial charge in [-0.15, -0.1) is 0 Å². The maximum absolute atomic E-state index is 12.1. The highest BCUT2D eigenvalue weighted by molar-refractivity contribution is 7.99. The zero-order chi connectivity index (χ0) is 16.7. The third-order valence-electron chi connectivity index (χ3n) is 3.08. The molecule has 118 valence electrons. The summed E-state index contributed by atoms with van der Waals surface area (Å²) in [5.41, 5.74) is 0.424. The molecule has 6 nitrogen and oxygen atoms in total. The molecule has 1 N–H and O–H groups in total. The molecule has 1 rings (SSSR count). The number of nitrogens with zero attached hydrogens (tertiary/aromatic N) is 1. The number of amides is 1. The molecule has 0 radical (unpaired) electrons. The lowest BCUT2D eigenvalue weighted by molar-refractivity contribution is -0.128. The first-order chi connectivity index (χ1) is 10.5. The van der Waals surface area contributed by atoms with E-state index in [1.165, 1.54) is 26.0 Å². The number of ketones is 1. The van der Waals surface area contributed by atoms with Crippen LogP contribution in [0.4, 0.5) is 5.69 Å². The number of nitrogens with one attached hydrogen (secondary N) is 1. The van der Waals surface area contributed by atoms with Crippen molar-refractivity contribution in [3.63, 3.8) is 0 Å². The van der Waals surface area contributed by atoms with E-state index in [1.807, 2.05) is 0 Å². The van der Waals surface area contributed by atoms with Gasteiger partial charge in [-0.2, -0.15) is 17.0 Å². The van der Waals surface area contributed by atoms with Gasteiger partial charge in [0.2, 0.25) is 5.91 Å². The lowest BCUT2D eigenvalue weighted by atomic mass is 10.0. The van der Waals surface area contributed by atoms with Gasteiger partial charge in [-0.05, 0) is 25.3 Å². The summed E-state index contributed by atoms with van der Waals surface area (Å²) < 4.78 is 10.2. The van der Waals surface area contributed by atoms with Crippen molar-refractivity contribution in [3.05, 3.63) is 18.2 Å². The summed E-state index contributed by atoms with van der Waals surface area (Å²) in [6, 6.07) is 6.55. The van der Waals surface area contributed by atoms with Crippen molar-refractivity contribution < 1.29 is 19.1 Å². The van der Waals surface area contributed by atoms with Crippen molar-refractivity contribution in [2.75, 3.05) is 25.8 Å². The topological polar surface area (TPSA) is 88.4 Å². The molecule has 0 aromatic heterocycles. The summed E-state index contributed by atoms with van der Waals surface area (Å²) in [6.45, 7) is 1.67. The Bertz CT molecular complexity index is 598. The van der Waals surface area contributed by atoms with Crippen LogP contribution in [-0.4, -0.2) is 37.4 Å². The van der Waals surface area contributed by atoms with Gasteiger partial charge in [-0.25, -0.2) is 0 Å². The molecule has 0 aliphatic carbocycles. The standard InChI is InChI=1S/C15H18N2O4S/c1-9(22-4)14(18)11(8-16)15(19)17-10-5-6-12(20-2)13(7-10)21-3/h5-7,9,11H,1-4H3,(H,17,19)/t9-,11+/m1/s1. The van der Waals surface area contributed by atoms with Crippen LogP contribution in [0.2, 0.25) is 0 Å². The van der Waals surface area contributed by atoms with Gasteiger partial charge in [0.05, 0.1) is 25.5 Å². The molecule has 0 aliphatic heterocycles. The molecule has 0 fully saturated rings. The van der Waals surface area contributed by atoms with Crippen molar-refractivity contribution >= 4 is 29.1 Å². The molecule has 0 spiro atoms. The highest BCUT2D eigenvalue weighted by atomic mass is 32.2. The molecule has 22 heavy (non-hydrogen) atoms. The average molecular weight is 322 g/mol. The fraction of sp³-hybridized carbons (Fsp3) is 0.400. The largest absolute Gasteiger partial charge is 0.493 e. The summed E-state index contributed by atoms with van der Waals surface area (Å²) in [5, 5.41) is 11.2. The minimum atomic E-state index is -1.34. The lowest BCUT2D eigenvalue weighted by Gasteiger charge is -2.14. The number of ether oxygens (including phenoxy) is 2. The van der Waals surface area contributed by atoms with Crippen molar-refractivity contribution in [3.8, 4) is 17.6 Å². The Morgan fingerprint density at radius 3 is 2.41 bits per heavy atom. The summed E-state index contributed by atoms with van der Waals surface area (Å²) in [7, 11) is 2.98. The molecule has 0 bridgehead atoms. The predicted molar refractivity (Wildman–Crippen MR) is 85.3 cm³/mol. The molecule has 1 aromatic rings. The number of carbonyl (C=O) groups is 2. The van der Waals surface area contributed by atoms with Crippen molar-refractivity contribution in [1.29, 1.82) is 5.26 Å². The molecule has 0 unspecified atom stereocenters. The zero-order valence-electron chi connectivity index (χ0n) is 12.9. The zero-order valence-corrected chi connectivity index (χ0v) is 13.7. The number of carbonyl (C=O) groups excluding carboxylic acids is 2. The van der Waals surface area contributed by atoms with Crippen LogP contribution in [0.3, 0.4) is 0 Å². The van der Waals surface area contributed by atoms with E-state index in [1.54, 1.807) is 37.4 Å². The summed E-state index contributed by atoms with van der Waals surface area (Å²) >= 11 is 1.29. The summed E-state index contributed by atoms with van der Waals surface area (Å²) in [5.74, 6) is -1.44. The van der Waals surface area contributed by atoms with E-state index in [-0.39, 0.29) is 0 Å². The van der Waals surface area contributed by atoms with E-state index in [4.69, 9.17) is 14.7 Å². The Balaban J connectivity index is 2.92. The van der Waals surface area contributed by atoms with E-state index >= 15 is 0 Å². The van der Waals surface area contributed by atoms with Crippen molar-refractivity contribution in [1.82, 2.24) is 0 Å². The number of hydrogen-bond acceptors (Lipinski definition) is 6. The van der Waals surface area contributed by atoms with E-state index in [9.17, 15) is 9.59 Å². The normalized spacial score (nSPS) is 12.7. The fourth-order valence-electron chi connectivity index (χ4n) is 1.73. The minimum Gasteiger partial charge on any atom is -0.493 e. The molecule has 0 aliphatic rings. The van der Waals surface area contributed by atoms with Crippen molar-refractivity contribution in [2.45, 2.75) is 12.2 Å². The number of anilines is 1. The first-order valence-corrected chi connectivity index (χ1v) is 7.76. The van der Waals surface area contributed by atoms with Crippen LogP contribution in [0, 0.1) is 17.2 Å². The average Bonchev–Trinajstić information content (AvgIpc) is 2.54. The summed E-state index contributed by atoms with van der Waals surface area (Å²) in [4.78, 5) is 24.1. The number of hydrogen-bond donors (Lipinski definition) is 1. The van der Waals surface area contributed by atoms with Gasteiger partial charge in [-0.1, -0.05) is 0 Å². The Kier molecular flexibility index (Phi) is 6.73. The van der Waals surface area contributed by atoms with E-state index < -0.39 is 22.9 Å². The number of methoxy groups -OCH3 is 2. The Morgan fingerprint density at radius 2 is 1.91 bits per heavy atom. The number of benzene rings is 1. The molecular formula is C15H18N2O4S. The molecule has 0 heterocycles. The Labute approximate surface area is 133 Å². The highest BCUT2D eigenvalue weighted by Crippen LogP contribution is 2.30.